The molecule has 0 radical (unpaired) electrons. The lowest BCUT2D eigenvalue weighted by Gasteiger charge is -2.12. The van der Waals surface area contributed by atoms with E-state index in [2.05, 4.69) is 0 Å². The Morgan fingerprint density at radius 2 is 1.81 bits per heavy atom. The number of hydrogen-bond acceptors (Lipinski definition) is 5. The maximum absolute atomic E-state index is 13.0. The zero-order valence-corrected chi connectivity index (χ0v) is 14.7. The highest BCUT2D eigenvalue weighted by Crippen LogP contribution is 2.32. The molecule has 2 amide bonds. The van der Waals surface area contributed by atoms with Gasteiger partial charge in [-0.05, 0) is 47.7 Å². The lowest BCUT2D eigenvalue weighted by Crippen LogP contribution is -2.27. The smallest absolute Gasteiger partial charge is 0.268 e. The van der Waals surface area contributed by atoms with Crippen LogP contribution in [0.25, 0.3) is 6.08 Å². The van der Waals surface area contributed by atoms with Crippen molar-refractivity contribution in [2.45, 2.75) is 6.54 Å². The highest BCUT2D eigenvalue weighted by atomic mass is 32.2. The van der Waals surface area contributed by atoms with Gasteiger partial charge in [0, 0.05) is 6.07 Å². The fourth-order valence-corrected chi connectivity index (χ4v) is 3.25. The second-order valence-electron chi connectivity index (χ2n) is 5.59. The van der Waals surface area contributed by atoms with Gasteiger partial charge in [-0.15, -0.1) is 0 Å². The van der Waals surface area contributed by atoms with E-state index in [9.17, 15) is 24.1 Å². The van der Waals surface area contributed by atoms with Crippen molar-refractivity contribution >= 4 is 34.7 Å². The summed E-state index contributed by atoms with van der Waals surface area (Å²) in [5.41, 5.74) is 0.978. The van der Waals surface area contributed by atoms with Gasteiger partial charge in [-0.1, -0.05) is 30.3 Å². The molecule has 0 bridgehead atoms. The first-order valence-electron chi connectivity index (χ1n) is 7.85. The van der Waals surface area contributed by atoms with E-state index in [1.165, 1.54) is 48.6 Å². The Morgan fingerprint density at radius 3 is 2.52 bits per heavy atom. The number of carbonyl (C=O) groups excluding carboxylic acids is 2. The quantitative estimate of drug-likeness (QED) is 0.430. The van der Waals surface area contributed by atoms with Crippen molar-refractivity contribution in [3.05, 3.63) is 92.6 Å². The van der Waals surface area contributed by atoms with Crippen molar-refractivity contribution in [2.24, 2.45) is 0 Å². The minimum absolute atomic E-state index is 0.0495. The molecule has 3 rings (SSSR count). The molecule has 2 aromatic rings. The molecule has 1 aliphatic heterocycles. The first kappa shape index (κ1) is 18.5. The fraction of sp³-hybridized carbons (Fsp3) is 0.0526. The molecule has 8 heteroatoms. The van der Waals surface area contributed by atoms with Gasteiger partial charge >= 0.3 is 0 Å². The van der Waals surface area contributed by atoms with Crippen LogP contribution in [0.4, 0.5) is 14.9 Å². The Balaban J connectivity index is 1.74. The van der Waals surface area contributed by atoms with E-state index in [0.717, 1.165) is 16.7 Å². The summed E-state index contributed by atoms with van der Waals surface area (Å²) in [6.07, 6.45) is 4.45. The molecule has 6 nitrogen and oxygen atoms in total. The van der Waals surface area contributed by atoms with E-state index in [0.29, 0.717) is 11.1 Å². The van der Waals surface area contributed by atoms with Crippen LogP contribution in [0.1, 0.15) is 11.1 Å². The Morgan fingerprint density at radius 1 is 1.11 bits per heavy atom. The number of amides is 2. The average Bonchev–Trinajstić information content (AvgIpc) is 2.91. The van der Waals surface area contributed by atoms with E-state index in [1.807, 2.05) is 0 Å². The van der Waals surface area contributed by atoms with E-state index in [1.54, 1.807) is 18.2 Å². The van der Waals surface area contributed by atoms with Gasteiger partial charge in [0.2, 0.25) is 0 Å². The second-order valence-corrected chi connectivity index (χ2v) is 6.58. The summed E-state index contributed by atoms with van der Waals surface area (Å²) in [5.74, 6) is -0.852. The van der Waals surface area contributed by atoms with E-state index >= 15 is 0 Å². The Hall–Kier alpha value is -3.26. The fourth-order valence-electron chi connectivity index (χ4n) is 2.46. The summed E-state index contributed by atoms with van der Waals surface area (Å²) in [7, 11) is 0. The molecular formula is C19H13FN2O4S. The maximum Gasteiger partial charge on any atom is 0.293 e. The van der Waals surface area contributed by atoms with Crippen molar-refractivity contribution < 1.29 is 18.9 Å². The van der Waals surface area contributed by atoms with Gasteiger partial charge in [0.1, 0.15) is 5.82 Å². The first-order valence-corrected chi connectivity index (χ1v) is 8.67. The van der Waals surface area contributed by atoms with Gasteiger partial charge in [0.25, 0.3) is 16.8 Å². The summed E-state index contributed by atoms with van der Waals surface area (Å²) < 4.78 is 13.0. The average molecular weight is 384 g/mol. The van der Waals surface area contributed by atoms with Crippen LogP contribution in [-0.4, -0.2) is 21.0 Å². The number of thioether (sulfide) groups is 1. The molecule has 0 unspecified atom stereocenters. The van der Waals surface area contributed by atoms with Crippen LogP contribution in [0.15, 0.2) is 65.6 Å². The molecule has 0 aromatic heterocycles. The van der Waals surface area contributed by atoms with Crippen LogP contribution in [0, 0.1) is 15.9 Å². The van der Waals surface area contributed by atoms with Crippen LogP contribution < -0.4 is 0 Å². The number of para-hydroxylation sites is 1. The zero-order chi connectivity index (χ0) is 19.4. The molecule has 0 N–H and O–H groups in total. The van der Waals surface area contributed by atoms with Gasteiger partial charge in [0.15, 0.2) is 0 Å². The molecule has 1 fully saturated rings. The maximum atomic E-state index is 13.0. The van der Waals surface area contributed by atoms with Gasteiger partial charge in [0.05, 0.1) is 21.9 Å². The predicted molar refractivity (Wildman–Crippen MR) is 100 cm³/mol. The lowest BCUT2D eigenvalue weighted by molar-refractivity contribution is -0.385. The van der Waals surface area contributed by atoms with Gasteiger partial charge in [-0.2, -0.15) is 0 Å². The monoisotopic (exact) mass is 384 g/mol. The highest BCUT2D eigenvalue weighted by Gasteiger charge is 2.34. The molecule has 0 aliphatic carbocycles. The number of carbonyl (C=O) groups is 2. The molecule has 2 aromatic carbocycles. The minimum atomic E-state index is -0.490. The molecule has 1 heterocycles. The molecule has 0 saturated carbocycles. The topological polar surface area (TPSA) is 80.5 Å². The van der Waals surface area contributed by atoms with Gasteiger partial charge < -0.3 is 0 Å². The van der Waals surface area contributed by atoms with E-state index in [4.69, 9.17) is 0 Å². The highest BCUT2D eigenvalue weighted by molar-refractivity contribution is 8.18. The molecule has 1 aliphatic rings. The van der Waals surface area contributed by atoms with Crippen molar-refractivity contribution in [3.63, 3.8) is 0 Å². The van der Waals surface area contributed by atoms with Crippen molar-refractivity contribution in [2.75, 3.05) is 0 Å². The largest absolute Gasteiger partial charge is 0.293 e. The van der Waals surface area contributed by atoms with Gasteiger partial charge in [-0.3, -0.25) is 24.6 Å². The Kier molecular flexibility index (Phi) is 5.46. The standard InChI is InChI=1S/C19H13FN2O4S/c20-15-10-8-13(9-11-15)12-21-18(23)17(27-19(21)24)7-3-5-14-4-1-2-6-16(14)22(25)26/h1-11H,12H2/b5-3+,17-7-. The molecular weight excluding hydrogens is 371 g/mol. The predicted octanol–water partition coefficient (Wildman–Crippen LogP) is 4.53. The Labute approximate surface area is 158 Å². The van der Waals surface area contributed by atoms with E-state index in [-0.39, 0.29) is 17.1 Å². The number of allylic oxidation sites excluding steroid dienone is 2. The molecule has 136 valence electrons. The molecule has 27 heavy (non-hydrogen) atoms. The minimum Gasteiger partial charge on any atom is -0.268 e. The van der Waals surface area contributed by atoms with Crippen molar-refractivity contribution in [3.8, 4) is 0 Å². The number of nitrogens with zero attached hydrogens (tertiary/aromatic N) is 2. The number of halogens is 1. The number of nitro groups is 1. The number of benzene rings is 2. The van der Waals surface area contributed by atoms with Crippen LogP contribution >= 0.6 is 11.8 Å². The summed E-state index contributed by atoms with van der Waals surface area (Å²) in [5, 5.41) is 10.6. The normalized spacial score (nSPS) is 15.9. The summed E-state index contributed by atoms with van der Waals surface area (Å²) in [6.45, 7) is 0.0517. The Bertz CT molecular complexity index is 970. The van der Waals surface area contributed by atoms with Crippen molar-refractivity contribution in [1.29, 1.82) is 0 Å². The van der Waals surface area contributed by atoms with Gasteiger partial charge in [-0.25, -0.2) is 4.39 Å². The number of rotatable bonds is 5. The molecule has 1 saturated heterocycles. The third-order valence-corrected chi connectivity index (χ3v) is 4.71. The third-order valence-electron chi connectivity index (χ3n) is 3.78. The summed E-state index contributed by atoms with van der Waals surface area (Å²) in [6, 6.07) is 11.8. The third kappa shape index (κ3) is 4.29. The number of imide groups is 1. The SMILES string of the molecule is O=C1S/C(=C\C=C\c2ccccc2[N+](=O)[O-])C(=O)N1Cc1ccc(F)cc1. The first-order chi connectivity index (χ1) is 13.0. The zero-order valence-electron chi connectivity index (χ0n) is 13.9. The van der Waals surface area contributed by atoms with Crippen LogP contribution in [0.3, 0.4) is 0 Å². The molecule has 0 atom stereocenters. The molecule has 0 spiro atoms. The number of hydrogen-bond donors (Lipinski definition) is 0. The summed E-state index contributed by atoms with van der Waals surface area (Å²) >= 11 is 0.789. The van der Waals surface area contributed by atoms with Crippen LogP contribution in [0.2, 0.25) is 0 Å². The summed E-state index contributed by atoms with van der Waals surface area (Å²) in [4.78, 5) is 36.3. The van der Waals surface area contributed by atoms with Crippen LogP contribution in [-0.2, 0) is 11.3 Å². The van der Waals surface area contributed by atoms with E-state index < -0.39 is 21.9 Å². The van der Waals surface area contributed by atoms with Crippen LogP contribution in [0.5, 0.6) is 0 Å². The number of nitro benzene ring substituents is 1. The lowest BCUT2D eigenvalue weighted by atomic mass is 10.1. The van der Waals surface area contributed by atoms with Crippen molar-refractivity contribution in [1.82, 2.24) is 4.90 Å². The second kappa shape index (κ2) is 7.96.